The van der Waals surface area contributed by atoms with Crippen molar-refractivity contribution < 1.29 is 32.6 Å². The van der Waals surface area contributed by atoms with Crippen LogP contribution in [0.1, 0.15) is 20.8 Å². The number of fused-ring (bicyclic) bond motifs is 1. The molecular formula is C18H11ClF3NO4. The zero-order valence-electron chi connectivity index (χ0n) is 13.5. The van der Waals surface area contributed by atoms with Gasteiger partial charge in [-0.2, -0.15) is 0 Å². The second-order valence-corrected chi connectivity index (χ2v) is 6.06. The number of hydrogen-bond donors (Lipinski definition) is 1. The molecule has 0 unspecified atom stereocenters. The maximum atomic E-state index is 12.5. The Hall–Kier alpha value is -3.00. The molecule has 3 rings (SSSR count). The molecular weight excluding hydrogens is 387 g/mol. The van der Waals surface area contributed by atoms with Crippen molar-refractivity contribution in [1.29, 1.82) is 0 Å². The molecule has 3 aromatic rings. The van der Waals surface area contributed by atoms with Gasteiger partial charge in [0.1, 0.15) is 11.4 Å². The van der Waals surface area contributed by atoms with E-state index in [1.165, 1.54) is 22.8 Å². The molecule has 27 heavy (non-hydrogen) atoms. The van der Waals surface area contributed by atoms with E-state index >= 15 is 0 Å². The van der Waals surface area contributed by atoms with Crippen LogP contribution in [0.5, 0.6) is 5.75 Å². The molecule has 0 radical (unpaired) electrons. The van der Waals surface area contributed by atoms with Gasteiger partial charge in [-0.3, -0.25) is 4.79 Å². The van der Waals surface area contributed by atoms with E-state index in [2.05, 4.69) is 4.74 Å². The van der Waals surface area contributed by atoms with Crippen LogP contribution in [0, 0.1) is 0 Å². The molecule has 0 saturated heterocycles. The first kappa shape index (κ1) is 18.8. The molecule has 0 atom stereocenters. The van der Waals surface area contributed by atoms with Crippen molar-refractivity contribution in [3.8, 4) is 5.75 Å². The molecule has 5 nitrogen and oxygen atoms in total. The molecule has 0 fully saturated rings. The van der Waals surface area contributed by atoms with Crippen LogP contribution in [0.4, 0.5) is 13.2 Å². The summed E-state index contributed by atoms with van der Waals surface area (Å²) in [5.41, 5.74) is 0.525. The van der Waals surface area contributed by atoms with Crippen LogP contribution in [-0.2, 0) is 6.54 Å². The normalized spacial score (nSPS) is 11.6. The summed E-state index contributed by atoms with van der Waals surface area (Å²) in [7, 11) is 0. The smallest absolute Gasteiger partial charge is 0.477 e. The number of carbonyl (C=O) groups is 2. The molecule has 140 valence electrons. The Kier molecular flexibility index (Phi) is 4.84. The number of aromatic nitrogens is 1. The predicted molar refractivity (Wildman–Crippen MR) is 91.4 cm³/mol. The topological polar surface area (TPSA) is 68.5 Å². The minimum Gasteiger partial charge on any atom is -0.477 e. The molecule has 2 aromatic carbocycles. The maximum Gasteiger partial charge on any atom is 0.573 e. The minimum absolute atomic E-state index is 0.0994. The van der Waals surface area contributed by atoms with E-state index in [1.54, 1.807) is 18.2 Å². The number of ether oxygens (including phenoxy) is 1. The van der Waals surface area contributed by atoms with Crippen LogP contribution < -0.4 is 4.74 Å². The number of carboxylic acid groups (broad SMARTS) is 1. The van der Waals surface area contributed by atoms with Gasteiger partial charge in [0.2, 0.25) is 0 Å². The van der Waals surface area contributed by atoms with Crippen molar-refractivity contribution in [2.24, 2.45) is 0 Å². The van der Waals surface area contributed by atoms with Crippen molar-refractivity contribution in [2.45, 2.75) is 12.9 Å². The van der Waals surface area contributed by atoms with Gasteiger partial charge in [-0.05, 0) is 48.5 Å². The second-order valence-electron chi connectivity index (χ2n) is 5.62. The monoisotopic (exact) mass is 397 g/mol. The van der Waals surface area contributed by atoms with E-state index in [-0.39, 0.29) is 17.8 Å². The van der Waals surface area contributed by atoms with E-state index in [0.29, 0.717) is 15.9 Å². The zero-order valence-corrected chi connectivity index (χ0v) is 14.2. The molecule has 0 aliphatic heterocycles. The first-order chi connectivity index (χ1) is 12.6. The molecule has 0 saturated carbocycles. The summed E-state index contributed by atoms with van der Waals surface area (Å²) in [6.07, 6.45) is -4.83. The van der Waals surface area contributed by atoms with Crippen LogP contribution in [-0.4, -0.2) is 27.8 Å². The Labute approximate surface area is 155 Å². The summed E-state index contributed by atoms with van der Waals surface area (Å²) >= 11 is 5.91. The molecule has 0 aliphatic carbocycles. The van der Waals surface area contributed by atoms with Gasteiger partial charge in [0.25, 0.3) is 0 Å². The third kappa shape index (κ3) is 4.22. The first-order valence-electron chi connectivity index (χ1n) is 7.55. The molecule has 0 aliphatic rings. The van der Waals surface area contributed by atoms with E-state index in [4.69, 9.17) is 11.6 Å². The van der Waals surface area contributed by atoms with Gasteiger partial charge in [-0.1, -0.05) is 11.6 Å². The number of halogens is 4. The van der Waals surface area contributed by atoms with Gasteiger partial charge in [-0.15, -0.1) is 13.2 Å². The summed E-state index contributed by atoms with van der Waals surface area (Å²) in [5, 5.41) is 10.4. The van der Waals surface area contributed by atoms with Crippen molar-refractivity contribution in [3.63, 3.8) is 0 Å². The average Bonchev–Trinajstić information content (AvgIpc) is 2.92. The number of ketones is 1. The first-order valence-corrected chi connectivity index (χ1v) is 7.93. The summed E-state index contributed by atoms with van der Waals surface area (Å²) in [6.45, 7) is -0.299. The Morgan fingerprint density at radius 3 is 2.33 bits per heavy atom. The zero-order chi connectivity index (χ0) is 19.8. The van der Waals surface area contributed by atoms with Crippen LogP contribution in [0.2, 0.25) is 5.02 Å². The van der Waals surface area contributed by atoms with E-state index in [0.717, 1.165) is 12.1 Å². The Bertz CT molecular complexity index is 1030. The fourth-order valence-corrected chi connectivity index (χ4v) is 2.85. The highest BCUT2D eigenvalue weighted by molar-refractivity contribution is 6.31. The van der Waals surface area contributed by atoms with E-state index in [1.807, 2.05) is 0 Å². The molecule has 1 heterocycles. The Morgan fingerprint density at radius 1 is 1.07 bits per heavy atom. The third-order valence-electron chi connectivity index (χ3n) is 3.79. The number of carbonyl (C=O) groups excluding carboxylic acids is 1. The van der Waals surface area contributed by atoms with Crippen LogP contribution >= 0.6 is 11.6 Å². The number of aromatic carboxylic acids is 1. The van der Waals surface area contributed by atoms with Gasteiger partial charge < -0.3 is 14.4 Å². The number of carboxylic acids is 1. The van der Waals surface area contributed by atoms with Crippen molar-refractivity contribution in [1.82, 2.24) is 4.57 Å². The molecule has 1 N–H and O–H groups in total. The van der Waals surface area contributed by atoms with E-state index in [9.17, 15) is 27.9 Å². The van der Waals surface area contributed by atoms with Gasteiger partial charge in [0.05, 0.1) is 6.54 Å². The number of rotatable bonds is 5. The van der Waals surface area contributed by atoms with Crippen LogP contribution in [0.3, 0.4) is 0 Å². The van der Waals surface area contributed by atoms with Crippen LogP contribution in [0.25, 0.3) is 10.9 Å². The lowest BCUT2D eigenvalue weighted by Crippen LogP contribution is -2.17. The lowest BCUT2D eigenvalue weighted by molar-refractivity contribution is -0.274. The fraction of sp³-hybridized carbons (Fsp3) is 0.111. The minimum atomic E-state index is -4.83. The highest BCUT2D eigenvalue weighted by Gasteiger charge is 2.31. The highest BCUT2D eigenvalue weighted by atomic mass is 35.5. The Morgan fingerprint density at radius 2 is 1.74 bits per heavy atom. The molecule has 0 bridgehead atoms. The van der Waals surface area contributed by atoms with Crippen molar-refractivity contribution in [3.05, 3.63) is 64.8 Å². The summed E-state index contributed by atoms with van der Waals surface area (Å²) < 4.78 is 41.6. The number of hydrogen-bond acceptors (Lipinski definition) is 3. The molecule has 1 aromatic heterocycles. The largest absolute Gasteiger partial charge is 0.573 e. The van der Waals surface area contributed by atoms with Crippen molar-refractivity contribution >= 4 is 34.3 Å². The molecule has 0 spiro atoms. The number of alkyl halides is 3. The lowest BCUT2D eigenvalue weighted by atomic mass is 10.1. The number of benzene rings is 2. The molecule has 0 amide bonds. The van der Waals surface area contributed by atoms with Gasteiger partial charge in [0, 0.05) is 21.5 Å². The second kappa shape index (κ2) is 6.96. The lowest BCUT2D eigenvalue weighted by Gasteiger charge is -2.10. The van der Waals surface area contributed by atoms with Gasteiger partial charge in [0.15, 0.2) is 5.78 Å². The maximum absolute atomic E-state index is 12.5. The fourth-order valence-electron chi connectivity index (χ4n) is 2.67. The Balaban J connectivity index is 1.89. The number of Topliss-reactive ketones (excluding diaryl/α,β-unsaturated/α-hetero) is 1. The summed E-state index contributed by atoms with van der Waals surface area (Å²) in [6, 6.07) is 10.6. The average molecular weight is 398 g/mol. The van der Waals surface area contributed by atoms with E-state index < -0.39 is 23.9 Å². The summed E-state index contributed by atoms with van der Waals surface area (Å²) in [5.74, 6) is -2.14. The summed E-state index contributed by atoms with van der Waals surface area (Å²) in [4.78, 5) is 24.0. The molecule has 9 heteroatoms. The highest BCUT2D eigenvalue weighted by Crippen LogP contribution is 2.25. The third-order valence-corrected chi connectivity index (χ3v) is 4.03. The van der Waals surface area contributed by atoms with Crippen LogP contribution in [0.15, 0.2) is 48.5 Å². The SMILES string of the molecule is O=C(Cn1c(C(=O)O)cc2cc(Cl)ccc21)c1ccc(OC(F)(F)F)cc1. The quantitative estimate of drug-likeness (QED) is 0.629. The number of nitrogens with zero attached hydrogens (tertiary/aromatic N) is 1. The van der Waals surface area contributed by atoms with Crippen molar-refractivity contribution in [2.75, 3.05) is 0 Å². The van der Waals surface area contributed by atoms with Gasteiger partial charge in [-0.25, -0.2) is 4.79 Å². The van der Waals surface area contributed by atoms with Gasteiger partial charge >= 0.3 is 12.3 Å². The standard InChI is InChI=1S/C18H11ClF3NO4/c19-12-3-6-14-11(7-12)8-15(17(25)26)23(14)9-16(24)10-1-4-13(5-2-10)27-18(20,21)22/h1-8H,9H2,(H,25,26). The predicted octanol–water partition coefficient (Wildman–Crippen LogP) is 4.77.